The predicted octanol–water partition coefficient (Wildman–Crippen LogP) is 4.37. The largest absolute Gasteiger partial charge is 0.504 e. The molecule has 32 heavy (non-hydrogen) atoms. The Labute approximate surface area is 186 Å². The standard InChI is InChI=1S/C26H28O6/c1-22(2)15(27)9-16-24(4)19-14(31-16)10-23(3)13(12-6-7-30-11-12)8-17-26(23,32-17)25(19,5)21(29)18(28)20(22)24/h6-7,11,13,16-17,28H,8-10H2,1-5H3. The monoisotopic (exact) mass is 436 g/mol. The molecule has 4 aliphatic carbocycles. The third-order valence-electron chi connectivity index (χ3n) is 10.4. The minimum atomic E-state index is -1.04. The maximum Gasteiger partial charge on any atom is 0.210 e. The Morgan fingerprint density at radius 3 is 2.50 bits per heavy atom. The number of ketones is 2. The summed E-state index contributed by atoms with van der Waals surface area (Å²) in [6, 6.07) is 2.00. The Bertz CT molecular complexity index is 1200. The maximum absolute atomic E-state index is 14.1. The number of aliphatic hydroxyl groups excluding tert-OH is 1. The topological polar surface area (TPSA) is 89.3 Å². The number of carbonyl (C=O) groups is 2. The SMILES string of the molecule is CC1(C)C(=O)CC2OC3=C4C2(C)C1=C(O)C(=O)C4(C)C12OC1CC(c1ccoc1)C2(C)C3. The van der Waals surface area contributed by atoms with Gasteiger partial charge in [0, 0.05) is 29.2 Å². The Balaban J connectivity index is 1.52. The van der Waals surface area contributed by atoms with Crippen molar-refractivity contribution < 1.29 is 28.6 Å². The highest BCUT2D eigenvalue weighted by molar-refractivity contribution is 6.07. The Morgan fingerprint density at radius 1 is 1.06 bits per heavy atom. The van der Waals surface area contributed by atoms with E-state index in [2.05, 4.69) is 13.8 Å². The van der Waals surface area contributed by atoms with Gasteiger partial charge in [-0.3, -0.25) is 9.59 Å². The van der Waals surface area contributed by atoms with Crippen LogP contribution in [-0.4, -0.2) is 34.5 Å². The van der Waals surface area contributed by atoms with E-state index in [1.807, 2.05) is 26.8 Å². The molecule has 2 aliphatic heterocycles. The highest BCUT2D eigenvalue weighted by Gasteiger charge is 2.88. The number of ether oxygens (including phenoxy) is 2. The molecule has 7 unspecified atom stereocenters. The molecule has 2 saturated carbocycles. The first-order valence-electron chi connectivity index (χ1n) is 11.6. The number of aliphatic hydroxyl groups is 1. The molecule has 6 nitrogen and oxygen atoms in total. The van der Waals surface area contributed by atoms with E-state index in [0.717, 1.165) is 23.3 Å². The average Bonchev–Trinajstić information content (AvgIpc) is 2.98. The Kier molecular flexibility index (Phi) is 2.95. The van der Waals surface area contributed by atoms with E-state index in [-0.39, 0.29) is 35.8 Å². The smallest absolute Gasteiger partial charge is 0.210 e. The summed E-state index contributed by atoms with van der Waals surface area (Å²) in [5.74, 6) is 0.390. The minimum Gasteiger partial charge on any atom is -0.504 e. The molecule has 168 valence electrons. The van der Waals surface area contributed by atoms with Crippen LogP contribution in [0.15, 0.2) is 45.7 Å². The summed E-state index contributed by atoms with van der Waals surface area (Å²) in [6.07, 6.45) is 4.74. The van der Waals surface area contributed by atoms with Gasteiger partial charge >= 0.3 is 0 Å². The van der Waals surface area contributed by atoms with Crippen LogP contribution >= 0.6 is 0 Å². The van der Waals surface area contributed by atoms with E-state index in [0.29, 0.717) is 12.0 Å². The van der Waals surface area contributed by atoms with Crippen LogP contribution in [0.25, 0.3) is 0 Å². The maximum atomic E-state index is 14.1. The van der Waals surface area contributed by atoms with Gasteiger partial charge in [0.25, 0.3) is 0 Å². The number of epoxide rings is 1. The number of hydrogen-bond acceptors (Lipinski definition) is 6. The van der Waals surface area contributed by atoms with Crippen molar-refractivity contribution in [3.8, 4) is 0 Å². The number of allylic oxidation sites excluding steroid dienone is 2. The van der Waals surface area contributed by atoms with Crippen LogP contribution in [0.2, 0.25) is 0 Å². The molecule has 0 radical (unpaired) electrons. The van der Waals surface area contributed by atoms with E-state index >= 15 is 0 Å². The zero-order chi connectivity index (χ0) is 22.6. The fourth-order valence-electron chi connectivity index (χ4n) is 9.05. The quantitative estimate of drug-likeness (QED) is 0.658. The molecule has 7 rings (SSSR count). The summed E-state index contributed by atoms with van der Waals surface area (Å²) in [7, 11) is 0. The molecule has 0 amide bonds. The third-order valence-corrected chi connectivity index (χ3v) is 10.4. The lowest BCUT2D eigenvalue weighted by Crippen LogP contribution is -2.63. The molecule has 0 aromatic carbocycles. The van der Waals surface area contributed by atoms with Crippen LogP contribution < -0.4 is 0 Å². The fraction of sp³-hybridized carbons (Fsp3) is 0.615. The second kappa shape index (κ2) is 4.93. The normalized spacial score (nSPS) is 49.6. The van der Waals surface area contributed by atoms with Gasteiger partial charge in [-0.05, 0) is 57.2 Å². The minimum absolute atomic E-state index is 0.000772. The van der Waals surface area contributed by atoms with E-state index in [1.54, 1.807) is 12.5 Å². The van der Waals surface area contributed by atoms with Crippen molar-refractivity contribution in [1.29, 1.82) is 0 Å². The summed E-state index contributed by atoms with van der Waals surface area (Å²) in [5.41, 5.74) is -1.17. The zero-order valence-electron chi connectivity index (χ0n) is 19.1. The zero-order valence-corrected chi connectivity index (χ0v) is 19.1. The summed E-state index contributed by atoms with van der Waals surface area (Å²) in [6.45, 7) is 9.85. The van der Waals surface area contributed by atoms with Crippen LogP contribution in [0.3, 0.4) is 0 Å². The van der Waals surface area contributed by atoms with Gasteiger partial charge in [0.15, 0.2) is 5.76 Å². The average molecular weight is 437 g/mol. The molecule has 1 aromatic rings. The number of carbonyl (C=O) groups excluding carboxylic acids is 2. The van der Waals surface area contributed by atoms with E-state index in [1.165, 1.54) is 0 Å². The first kappa shape index (κ1) is 19.2. The number of rotatable bonds is 1. The molecule has 1 N–H and O–H groups in total. The third kappa shape index (κ3) is 1.55. The van der Waals surface area contributed by atoms with Gasteiger partial charge in [-0.2, -0.15) is 0 Å². The summed E-state index contributed by atoms with van der Waals surface area (Å²) in [5, 5.41) is 11.4. The number of Topliss-reactive ketones (excluding diaryl/α,β-unsaturated/α-hetero) is 2. The van der Waals surface area contributed by atoms with Gasteiger partial charge in [-0.25, -0.2) is 0 Å². The molecule has 1 saturated heterocycles. The van der Waals surface area contributed by atoms with Gasteiger partial charge in [0.1, 0.15) is 17.5 Å². The van der Waals surface area contributed by atoms with Crippen LogP contribution in [0.1, 0.15) is 65.4 Å². The highest BCUT2D eigenvalue weighted by atomic mass is 16.6. The summed E-state index contributed by atoms with van der Waals surface area (Å²) < 4.78 is 18.5. The first-order valence-corrected chi connectivity index (χ1v) is 11.6. The molecular weight excluding hydrogens is 408 g/mol. The van der Waals surface area contributed by atoms with Gasteiger partial charge < -0.3 is 19.0 Å². The highest BCUT2D eigenvalue weighted by Crippen LogP contribution is 2.82. The molecule has 7 atom stereocenters. The number of furan rings is 1. The van der Waals surface area contributed by atoms with Gasteiger partial charge in [0.05, 0.1) is 35.2 Å². The van der Waals surface area contributed by atoms with Gasteiger partial charge in [-0.15, -0.1) is 0 Å². The molecule has 1 spiro atoms. The van der Waals surface area contributed by atoms with Gasteiger partial charge in [-0.1, -0.05) is 6.92 Å². The van der Waals surface area contributed by atoms with Gasteiger partial charge in [0.2, 0.25) is 5.78 Å². The molecule has 3 heterocycles. The van der Waals surface area contributed by atoms with Crippen molar-refractivity contribution in [1.82, 2.24) is 0 Å². The summed E-state index contributed by atoms with van der Waals surface area (Å²) in [4.78, 5) is 27.2. The molecule has 3 fully saturated rings. The Hall–Kier alpha value is -2.34. The number of hydrogen-bond donors (Lipinski definition) is 1. The lowest BCUT2D eigenvalue weighted by Gasteiger charge is -2.57. The van der Waals surface area contributed by atoms with Crippen molar-refractivity contribution in [3.05, 3.63) is 46.8 Å². The molecular formula is C26H28O6. The van der Waals surface area contributed by atoms with Crippen molar-refractivity contribution >= 4 is 11.6 Å². The van der Waals surface area contributed by atoms with Crippen molar-refractivity contribution in [3.63, 3.8) is 0 Å². The lowest BCUT2D eigenvalue weighted by molar-refractivity contribution is -0.139. The lowest BCUT2D eigenvalue weighted by atomic mass is 9.42. The van der Waals surface area contributed by atoms with Crippen molar-refractivity contribution in [2.45, 2.75) is 77.6 Å². The molecule has 0 bridgehead atoms. The van der Waals surface area contributed by atoms with Crippen molar-refractivity contribution in [2.24, 2.45) is 21.7 Å². The second-order valence-electron chi connectivity index (χ2n) is 11.8. The van der Waals surface area contributed by atoms with Crippen LogP contribution in [0.5, 0.6) is 0 Å². The predicted molar refractivity (Wildman–Crippen MR) is 113 cm³/mol. The first-order chi connectivity index (χ1) is 15.0. The van der Waals surface area contributed by atoms with Crippen LogP contribution in [0, 0.1) is 21.7 Å². The molecule has 6 heteroatoms. The second-order valence-corrected chi connectivity index (χ2v) is 11.8. The van der Waals surface area contributed by atoms with Crippen LogP contribution in [-0.2, 0) is 19.1 Å². The van der Waals surface area contributed by atoms with E-state index in [9.17, 15) is 14.7 Å². The Morgan fingerprint density at radius 2 is 1.81 bits per heavy atom. The van der Waals surface area contributed by atoms with Crippen LogP contribution in [0.4, 0.5) is 0 Å². The summed E-state index contributed by atoms with van der Waals surface area (Å²) >= 11 is 0. The van der Waals surface area contributed by atoms with Crippen molar-refractivity contribution in [2.75, 3.05) is 0 Å². The van der Waals surface area contributed by atoms with E-state index in [4.69, 9.17) is 13.9 Å². The molecule has 1 aromatic heterocycles. The fourth-order valence-corrected chi connectivity index (χ4v) is 9.05. The van der Waals surface area contributed by atoms with E-state index < -0.39 is 33.4 Å². The molecule has 6 aliphatic rings.